The van der Waals surface area contributed by atoms with Gasteiger partial charge in [-0.2, -0.15) is 0 Å². The van der Waals surface area contributed by atoms with Gasteiger partial charge in [-0.3, -0.25) is 9.59 Å². The van der Waals surface area contributed by atoms with Crippen molar-refractivity contribution in [1.29, 1.82) is 0 Å². The molecule has 230 valence electrons. The second kappa shape index (κ2) is 13.2. The Kier molecular flexibility index (Phi) is 8.88. The van der Waals surface area contributed by atoms with Gasteiger partial charge in [-0.1, -0.05) is 46.3 Å². The van der Waals surface area contributed by atoms with Crippen LogP contribution in [-0.2, 0) is 11.3 Å². The molecule has 10 heteroatoms. The number of benzene rings is 3. The Morgan fingerprint density at radius 1 is 0.956 bits per heavy atom. The molecule has 3 heterocycles. The zero-order chi connectivity index (χ0) is 31.5. The number of amides is 1. The summed E-state index contributed by atoms with van der Waals surface area (Å²) in [5.74, 6) is -0.497. The predicted octanol–water partition coefficient (Wildman–Crippen LogP) is 5.68. The Labute approximate surface area is 268 Å². The van der Waals surface area contributed by atoms with E-state index < -0.39 is 12.1 Å². The molecule has 9 nitrogen and oxygen atoms in total. The topological polar surface area (TPSA) is 139 Å². The molecular weight excluding hydrogens is 636 g/mol. The van der Waals surface area contributed by atoms with E-state index in [2.05, 4.69) is 26.6 Å². The molecule has 1 fully saturated rings. The number of hydrogen-bond donors (Lipinski definition) is 5. The van der Waals surface area contributed by atoms with E-state index in [1.807, 2.05) is 53.2 Å². The SMILES string of the molecule is NC1NC=C(c2ccc(O)c(O)c2)C=C1c1ccc(NC(=O)c2cn(CC3CCOCC3)cc(-c3ccc(Br)cc3)c2=O)cc1. The summed E-state index contributed by atoms with van der Waals surface area (Å²) in [6.07, 6.45) is 8.53. The maximum atomic E-state index is 13.6. The zero-order valence-electron chi connectivity index (χ0n) is 24.4. The number of pyridine rings is 1. The molecule has 1 atom stereocenters. The number of carbonyl (C=O) groups excluding carboxylic acids is 1. The van der Waals surface area contributed by atoms with Crippen molar-refractivity contribution in [2.45, 2.75) is 25.6 Å². The quantitative estimate of drug-likeness (QED) is 0.160. The largest absolute Gasteiger partial charge is 0.504 e. The summed E-state index contributed by atoms with van der Waals surface area (Å²) in [4.78, 5) is 27.2. The third kappa shape index (κ3) is 6.88. The van der Waals surface area contributed by atoms with Crippen LogP contribution in [0.4, 0.5) is 5.69 Å². The highest BCUT2D eigenvalue weighted by molar-refractivity contribution is 9.10. The maximum Gasteiger partial charge on any atom is 0.261 e. The highest BCUT2D eigenvalue weighted by Gasteiger charge is 2.21. The number of nitrogens with zero attached hydrogens (tertiary/aromatic N) is 1. The van der Waals surface area contributed by atoms with Crippen LogP contribution in [0.3, 0.4) is 0 Å². The molecule has 2 aliphatic rings. The van der Waals surface area contributed by atoms with Gasteiger partial charge in [-0.05, 0) is 89.1 Å². The fraction of sp³-hybridized carbons (Fsp3) is 0.200. The molecule has 0 spiro atoms. The highest BCUT2D eigenvalue weighted by atomic mass is 79.9. The van der Waals surface area contributed by atoms with E-state index in [4.69, 9.17) is 10.5 Å². The second-order valence-corrected chi connectivity index (χ2v) is 12.2. The number of carbonyl (C=O) groups is 1. The second-order valence-electron chi connectivity index (χ2n) is 11.3. The fourth-order valence-corrected chi connectivity index (χ4v) is 5.87. The summed E-state index contributed by atoms with van der Waals surface area (Å²) in [5, 5.41) is 25.6. The highest BCUT2D eigenvalue weighted by Crippen LogP contribution is 2.32. The number of nitrogens with one attached hydrogen (secondary N) is 2. The number of phenolic OH excluding ortho intramolecular Hbond substituents is 2. The molecule has 6 rings (SSSR count). The lowest BCUT2D eigenvalue weighted by atomic mass is 9.95. The van der Waals surface area contributed by atoms with Crippen molar-refractivity contribution in [3.8, 4) is 22.6 Å². The fourth-order valence-electron chi connectivity index (χ4n) is 5.61. The van der Waals surface area contributed by atoms with Gasteiger partial charge in [0.05, 0.1) is 0 Å². The lowest BCUT2D eigenvalue weighted by molar-refractivity contribution is 0.0612. The Morgan fingerprint density at radius 3 is 2.36 bits per heavy atom. The Bertz CT molecular complexity index is 1840. The van der Waals surface area contributed by atoms with Crippen molar-refractivity contribution in [2.75, 3.05) is 18.5 Å². The average Bonchev–Trinajstić information content (AvgIpc) is 3.05. The van der Waals surface area contributed by atoms with Gasteiger partial charge in [0.2, 0.25) is 5.43 Å². The Balaban J connectivity index is 1.25. The number of allylic oxidation sites excluding steroid dienone is 2. The Hall–Kier alpha value is -4.64. The molecular formula is C35H33BrN4O5. The number of halogens is 1. The van der Waals surface area contributed by atoms with Crippen LogP contribution in [-0.4, -0.2) is 40.1 Å². The van der Waals surface area contributed by atoms with Crippen molar-refractivity contribution >= 4 is 38.7 Å². The smallest absolute Gasteiger partial charge is 0.261 e. The van der Waals surface area contributed by atoms with Gasteiger partial charge in [0, 0.05) is 54.1 Å². The van der Waals surface area contributed by atoms with Gasteiger partial charge >= 0.3 is 0 Å². The summed E-state index contributed by atoms with van der Waals surface area (Å²) < 4.78 is 8.37. The van der Waals surface area contributed by atoms with Crippen LogP contribution >= 0.6 is 15.9 Å². The van der Waals surface area contributed by atoms with Crippen LogP contribution in [0.25, 0.3) is 22.3 Å². The first-order valence-corrected chi connectivity index (χ1v) is 15.5. The summed E-state index contributed by atoms with van der Waals surface area (Å²) >= 11 is 3.45. The van der Waals surface area contributed by atoms with Crippen molar-refractivity contribution in [1.82, 2.24) is 9.88 Å². The van der Waals surface area contributed by atoms with E-state index in [0.717, 1.165) is 39.6 Å². The van der Waals surface area contributed by atoms with Crippen molar-refractivity contribution < 1.29 is 19.7 Å². The molecule has 3 aromatic carbocycles. The van der Waals surface area contributed by atoms with E-state index in [1.165, 1.54) is 12.1 Å². The van der Waals surface area contributed by atoms with Crippen LogP contribution in [0, 0.1) is 5.92 Å². The van der Waals surface area contributed by atoms with Crippen LogP contribution < -0.4 is 21.8 Å². The van der Waals surface area contributed by atoms with Crippen LogP contribution in [0.1, 0.15) is 34.3 Å². The molecule has 0 radical (unpaired) electrons. The summed E-state index contributed by atoms with van der Waals surface area (Å²) in [6, 6.07) is 19.3. The predicted molar refractivity (Wildman–Crippen MR) is 179 cm³/mol. The van der Waals surface area contributed by atoms with Crippen molar-refractivity contribution in [3.63, 3.8) is 0 Å². The average molecular weight is 670 g/mol. The zero-order valence-corrected chi connectivity index (χ0v) is 26.0. The number of aromatic nitrogens is 1. The molecule has 1 saturated heterocycles. The maximum absolute atomic E-state index is 13.6. The number of hydrogen-bond acceptors (Lipinski definition) is 7. The van der Waals surface area contributed by atoms with Crippen molar-refractivity contribution in [3.05, 3.63) is 123 Å². The van der Waals surface area contributed by atoms with Crippen molar-refractivity contribution in [2.24, 2.45) is 11.7 Å². The summed E-state index contributed by atoms with van der Waals surface area (Å²) in [6.45, 7) is 2.11. The molecule has 45 heavy (non-hydrogen) atoms. The standard InChI is InChI=1S/C35H33BrN4O5/c36-26-6-1-23(2-7-26)29-19-40(18-21-11-13-45-14-12-21)20-30(33(29)43)35(44)39-27-8-3-22(4-9-27)28-15-25(17-38-34(28)37)24-5-10-31(41)32(42)16-24/h1-10,15-17,19-21,34,38,41-42H,11-14,18,37H2,(H,39,44). The molecule has 1 unspecified atom stereocenters. The van der Waals surface area contributed by atoms with E-state index in [0.29, 0.717) is 42.5 Å². The first kappa shape index (κ1) is 30.4. The van der Waals surface area contributed by atoms with E-state index in [9.17, 15) is 19.8 Å². The van der Waals surface area contributed by atoms with Crippen LogP contribution in [0.15, 0.2) is 101 Å². The van der Waals surface area contributed by atoms with E-state index in [1.54, 1.807) is 30.6 Å². The van der Waals surface area contributed by atoms with Gasteiger partial charge in [0.25, 0.3) is 5.91 Å². The summed E-state index contributed by atoms with van der Waals surface area (Å²) in [7, 11) is 0. The number of nitrogens with two attached hydrogens (primary N) is 1. The molecule has 1 amide bonds. The monoisotopic (exact) mass is 668 g/mol. The number of rotatable bonds is 7. The first-order valence-electron chi connectivity index (χ1n) is 14.7. The molecule has 4 aromatic rings. The third-order valence-electron chi connectivity index (χ3n) is 8.14. The van der Waals surface area contributed by atoms with Gasteiger partial charge in [0.15, 0.2) is 11.5 Å². The first-order chi connectivity index (χ1) is 21.7. The number of aromatic hydroxyl groups is 2. The molecule has 6 N–H and O–H groups in total. The number of phenols is 2. The lowest BCUT2D eigenvalue weighted by Gasteiger charge is -2.24. The molecule has 2 aliphatic heterocycles. The van der Waals surface area contributed by atoms with Crippen LogP contribution in [0.2, 0.25) is 0 Å². The third-order valence-corrected chi connectivity index (χ3v) is 8.67. The molecule has 1 aromatic heterocycles. The molecule has 0 bridgehead atoms. The summed E-state index contributed by atoms with van der Waals surface area (Å²) in [5.41, 5.74) is 10.9. The molecule has 0 saturated carbocycles. The van der Waals surface area contributed by atoms with Gasteiger partial charge in [-0.25, -0.2) is 0 Å². The minimum atomic E-state index is -0.486. The van der Waals surface area contributed by atoms with E-state index in [-0.39, 0.29) is 22.5 Å². The minimum absolute atomic E-state index is 0.0692. The van der Waals surface area contributed by atoms with Gasteiger partial charge < -0.3 is 35.9 Å². The Morgan fingerprint density at radius 2 is 1.64 bits per heavy atom. The van der Waals surface area contributed by atoms with Gasteiger partial charge in [-0.15, -0.1) is 0 Å². The number of anilines is 1. The van der Waals surface area contributed by atoms with Crippen LogP contribution in [0.5, 0.6) is 11.5 Å². The normalized spacial score (nSPS) is 16.8. The lowest BCUT2D eigenvalue weighted by Crippen LogP contribution is -2.36. The van der Waals surface area contributed by atoms with E-state index >= 15 is 0 Å². The minimum Gasteiger partial charge on any atom is -0.504 e. The van der Waals surface area contributed by atoms with Gasteiger partial charge in [0.1, 0.15) is 11.7 Å². The number of dihydropyridines is 1. The molecule has 0 aliphatic carbocycles. The number of ether oxygens (including phenoxy) is 1.